The van der Waals surface area contributed by atoms with Crippen LogP contribution < -0.4 is 5.32 Å². The summed E-state index contributed by atoms with van der Waals surface area (Å²) < 4.78 is 1.87. The fourth-order valence-electron chi connectivity index (χ4n) is 1.38. The molecule has 0 radical (unpaired) electrons. The average molecular weight is 212 g/mol. The highest BCUT2D eigenvalue weighted by atomic mass is 16.3. The largest absolute Gasteiger partial charge is 0.390 e. The minimum Gasteiger partial charge on any atom is -0.390 e. The molecule has 1 aromatic heterocycles. The smallest absolute Gasteiger partial charge is 0.0791 e. The van der Waals surface area contributed by atoms with Crippen LogP contribution in [0, 0.1) is 0 Å². The van der Waals surface area contributed by atoms with Crippen molar-refractivity contribution in [3.05, 3.63) is 18.5 Å². The van der Waals surface area contributed by atoms with Crippen molar-refractivity contribution in [3.63, 3.8) is 0 Å². The van der Waals surface area contributed by atoms with Crippen molar-refractivity contribution in [1.29, 1.82) is 0 Å². The fraction of sp³-hybridized carbons (Fsp3) is 0.700. The first-order valence-corrected chi connectivity index (χ1v) is 5.19. The van der Waals surface area contributed by atoms with E-state index in [1.807, 2.05) is 35.9 Å². The Labute approximate surface area is 90.7 Å². The molecule has 1 aromatic rings. The first-order chi connectivity index (χ1) is 7.18. The van der Waals surface area contributed by atoms with E-state index in [1.165, 1.54) is 0 Å². The third kappa shape index (κ3) is 5.51. The minimum atomic E-state index is -0.308. The Morgan fingerprint density at radius 3 is 2.93 bits per heavy atom. The van der Waals surface area contributed by atoms with Gasteiger partial charge >= 0.3 is 0 Å². The molecule has 2 N–H and O–H groups in total. The van der Waals surface area contributed by atoms with Crippen molar-refractivity contribution in [1.82, 2.24) is 20.0 Å². The highest BCUT2D eigenvalue weighted by Gasteiger charge is 2.03. The topological polar surface area (TPSA) is 53.3 Å². The van der Waals surface area contributed by atoms with Gasteiger partial charge in [0.05, 0.1) is 12.6 Å². The van der Waals surface area contributed by atoms with Crippen molar-refractivity contribution < 1.29 is 5.11 Å². The first kappa shape index (κ1) is 12.2. The Bertz CT molecular complexity index is 248. The van der Waals surface area contributed by atoms with Gasteiger partial charge in [-0.2, -0.15) is 5.10 Å². The van der Waals surface area contributed by atoms with Gasteiger partial charge in [-0.3, -0.25) is 4.68 Å². The normalized spacial score (nSPS) is 13.3. The summed E-state index contributed by atoms with van der Waals surface area (Å²) in [5.41, 5.74) is 0. The Hall–Kier alpha value is -0.910. The van der Waals surface area contributed by atoms with Crippen molar-refractivity contribution in [2.24, 2.45) is 0 Å². The van der Waals surface area contributed by atoms with Crippen LogP contribution in [0.25, 0.3) is 0 Å². The number of likely N-dealkylation sites (N-methyl/N-ethyl adjacent to an activating group) is 1. The summed E-state index contributed by atoms with van der Waals surface area (Å²) in [6, 6.07) is 1.90. The molecule has 0 saturated carbocycles. The predicted molar refractivity (Wildman–Crippen MR) is 59.7 cm³/mol. The number of aliphatic hydroxyl groups is 1. The molecule has 0 aromatic carbocycles. The van der Waals surface area contributed by atoms with Gasteiger partial charge in [0.2, 0.25) is 0 Å². The van der Waals surface area contributed by atoms with Crippen molar-refractivity contribution >= 4 is 0 Å². The second-order valence-corrected chi connectivity index (χ2v) is 3.89. The summed E-state index contributed by atoms with van der Waals surface area (Å²) in [5.74, 6) is 0. The summed E-state index contributed by atoms with van der Waals surface area (Å²) in [6.45, 7) is 2.97. The van der Waals surface area contributed by atoms with Crippen LogP contribution in [-0.4, -0.2) is 59.6 Å². The van der Waals surface area contributed by atoms with Gasteiger partial charge in [0.15, 0.2) is 0 Å². The van der Waals surface area contributed by atoms with Gasteiger partial charge in [-0.15, -0.1) is 0 Å². The molecule has 1 heterocycles. The lowest BCUT2D eigenvalue weighted by Gasteiger charge is -2.16. The zero-order chi connectivity index (χ0) is 11.1. The molecule has 0 bridgehead atoms. The first-order valence-electron chi connectivity index (χ1n) is 5.19. The van der Waals surface area contributed by atoms with Crippen LogP contribution in [0.15, 0.2) is 18.5 Å². The molecule has 0 saturated heterocycles. The van der Waals surface area contributed by atoms with Gasteiger partial charge in [0.25, 0.3) is 0 Å². The molecule has 0 aliphatic heterocycles. The van der Waals surface area contributed by atoms with Crippen LogP contribution in [0.4, 0.5) is 0 Å². The van der Waals surface area contributed by atoms with E-state index < -0.39 is 0 Å². The Kier molecular flexibility index (Phi) is 5.31. The summed E-state index contributed by atoms with van der Waals surface area (Å²) in [4.78, 5) is 1.97. The molecule has 86 valence electrons. The molecule has 5 heteroatoms. The van der Waals surface area contributed by atoms with Gasteiger partial charge in [-0.25, -0.2) is 0 Å². The van der Waals surface area contributed by atoms with E-state index in [1.54, 1.807) is 6.20 Å². The van der Waals surface area contributed by atoms with Crippen molar-refractivity contribution in [2.45, 2.75) is 12.6 Å². The molecule has 0 amide bonds. The van der Waals surface area contributed by atoms with E-state index >= 15 is 0 Å². The number of nitrogens with zero attached hydrogens (tertiary/aromatic N) is 3. The maximum Gasteiger partial charge on any atom is 0.0791 e. The van der Waals surface area contributed by atoms with Crippen molar-refractivity contribution in [2.75, 3.05) is 33.7 Å². The van der Waals surface area contributed by atoms with Gasteiger partial charge in [0, 0.05) is 32.0 Å². The number of hydrogen-bond acceptors (Lipinski definition) is 4. The van der Waals surface area contributed by atoms with E-state index in [2.05, 4.69) is 10.4 Å². The summed E-state index contributed by atoms with van der Waals surface area (Å²) in [6.07, 6.45) is 3.39. The van der Waals surface area contributed by atoms with E-state index in [0.29, 0.717) is 13.1 Å². The molecule has 0 spiro atoms. The molecule has 1 unspecified atom stereocenters. The summed E-state index contributed by atoms with van der Waals surface area (Å²) >= 11 is 0. The highest BCUT2D eigenvalue weighted by molar-refractivity contribution is 4.77. The van der Waals surface area contributed by atoms with Crippen LogP contribution in [0.5, 0.6) is 0 Å². The SMILES string of the molecule is CN(C)CC(O)CNCCn1cccn1. The number of hydrogen-bond donors (Lipinski definition) is 2. The monoisotopic (exact) mass is 212 g/mol. The molecule has 1 atom stereocenters. The molecule has 15 heavy (non-hydrogen) atoms. The van der Waals surface area contributed by atoms with E-state index in [0.717, 1.165) is 13.1 Å². The second kappa shape index (κ2) is 6.55. The minimum absolute atomic E-state index is 0.308. The standard InChI is InChI=1S/C10H20N4O/c1-13(2)9-10(15)8-11-5-7-14-6-3-4-12-14/h3-4,6,10-11,15H,5,7-9H2,1-2H3. The summed E-state index contributed by atoms with van der Waals surface area (Å²) in [7, 11) is 3.90. The van der Waals surface area contributed by atoms with Gasteiger partial charge < -0.3 is 15.3 Å². The second-order valence-electron chi connectivity index (χ2n) is 3.89. The van der Waals surface area contributed by atoms with Crippen LogP contribution in [0.1, 0.15) is 0 Å². The Balaban J connectivity index is 2.01. The number of aromatic nitrogens is 2. The van der Waals surface area contributed by atoms with Gasteiger partial charge in [-0.05, 0) is 20.2 Å². The van der Waals surface area contributed by atoms with E-state index in [4.69, 9.17) is 0 Å². The quantitative estimate of drug-likeness (QED) is 0.592. The van der Waals surface area contributed by atoms with Crippen molar-refractivity contribution in [3.8, 4) is 0 Å². The molecule has 5 nitrogen and oxygen atoms in total. The number of aliphatic hydroxyl groups excluding tert-OH is 1. The van der Waals surface area contributed by atoms with Gasteiger partial charge in [0.1, 0.15) is 0 Å². The Morgan fingerprint density at radius 1 is 1.53 bits per heavy atom. The van der Waals surface area contributed by atoms with Crippen LogP contribution in [0.2, 0.25) is 0 Å². The van der Waals surface area contributed by atoms with Gasteiger partial charge in [-0.1, -0.05) is 0 Å². The number of rotatable bonds is 7. The lowest BCUT2D eigenvalue weighted by Crippen LogP contribution is -2.36. The zero-order valence-corrected chi connectivity index (χ0v) is 9.43. The molecule has 0 aliphatic rings. The number of nitrogens with one attached hydrogen (secondary N) is 1. The predicted octanol–water partition coefficient (Wildman–Crippen LogP) is -0.605. The Morgan fingerprint density at radius 2 is 2.33 bits per heavy atom. The summed E-state index contributed by atoms with van der Waals surface area (Å²) in [5, 5.41) is 16.8. The fourth-order valence-corrected chi connectivity index (χ4v) is 1.38. The van der Waals surface area contributed by atoms with E-state index in [9.17, 15) is 5.11 Å². The molecule has 0 fully saturated rings. The van der Waals surface area contributed by atoms with E-state index in [-0.39, 0.29) is 6.10 Å². The van der Waals surface area contributed by atoms with Crippen LogP contribution >= 0.6 is 0 Å². The third-order valence-corrected chi connectivity index (χ3v) is 2.03. The van der Waals surface area contributed by atoms with Crippen LogP contribution in [0.3, 0.4) is 0 Å². The molecule has 0 aliphatic carbocycles. The lowest BCUT2D eigenvalue weighted by atomic mass is 10.3. The van der Waals surface area contributed by atoms with Crippen LogP contribution in [-0.2, 0) is 6.54 Å². The lowest BCUT2D eigenvalue weighted by molar-refractivity contribution is 0.134. The molecular weight excluding hydrogens is 192 g/mol. The molecular formula is C10H20N4O. The third-order valence-electron chi connectivity index (χ3n) is 2.03. The maximum atomic E-state index is 9.55. The molecule has 1 rings (SSSR count). The highest BCUT2D eigenvalue weighted by Crippen LogP contribution is 1.85. The zero-order valence-electron chi connectivity index (χ0n) is 9.43. The average Bonchev–Trinajstić information content (AvgIpc) is 2.63. The maximum absolute atomic E-state index is 9.55.